The van der Waals surface area contributed by atoms with Crippen molar-refractivity contribution in [2.75, 3.05) is 20.6 Å². The molecule has 1 aromatic carbocycles. The standard InChI is InChI=1S/C18H28N2O/c1-5-18(11-8-12-18)13-19-17(21)16(20(3)4)15-10-7-6-9-14(15)2/h6-7,9-10,16H,5,8,11-13H2,1-4H3,(H,19,21)/t16-/m0/s1. The van der Waals surface area contributed by atoms with Crippen LogP contribution in [0.5, 0.6) is 0 Å². The summed E-state index contributed by atoms with van der Waals surface area (Å²) in [4.78, 5) is 14.7. The van der Waals surface area contributed by atoms with Gasteiger partial charge in [-0.1, -0.05) is 37.6 Å². The molecule has 1 N–H and O–H groups in total. The normalized spacial score (nSPS) is 18.1. The second kappa shape index (κ2) is 6.61. The highest BCUT2D eigenvalue weighted by Gasteiger charge is 2.36. The highest BCUT2D eigenvalue weighted by Crippen LogP contribution is 2.43. The van der Waals surface area contributed by atoms with E-state index < -0.39 is 0 Å². The van der Waals surface area contributed by atoms with E-state index >= 15 is 0 Å². The Morgan fingerprint density at radius 2 is 2.00 bits per heavy atom. The number of carbonyl (C=O) groups excluding carboxylic acids is 1. The third kappa shape index (κ3) is 3.46. The highest BCUT2D eigenvalue weighted by atomic mass is 16.2. The quantitative estimate of drug-likeness (QED) is 0.871. The van der Waals surface area contributed by atoms with Gasteiger partial charge in [0.2, 0.25) is 5.91 Å². The van der Waals surface area contributed by atoms with Gasteiger partial charge in [0.05, 0.1) is 0 Å². The fourth-order valence-electron chi connectivity index (χ4n) is 3.25. The summed E-state index contributed by atoms with van der Waals surface area (Å²) in [5, 5.41) is 3.20. The van der Waals surface area contributed by atoms with Crippen LogP contribution in [0.4, 0.5) is 0 Å². The second-order valence-electron chi connectivity index (χ2n) is 6.65. The van der Waals surface area contributed by atoms with Gasteiger partial charge in [-0.05, 0) is 56.8 Å². The smallest absolute Gasteiger partial charge is 0.241 e. The van der Waals surface area contributed by atoms with Gasteiger partial charge in [-0.15, -0.1) is 0 Å². The van der Waals surface area contributed by atoms with E-state index in [2.05, 4.69) is 31.3 Å². The number of rotatable bonds is 6. The Kier molecular flexibility index (Phi) is 5.04. The number of nitrogens with zero attached hydrogens (tertiary/aromatic N) is 1. The molecule has 0 spiro atoms. The van der Waals surface area contributed by atoms with Crippen LogP contribution < -0.4 is 5.32 Å². The van der Waals surface area contributed by atoms with E-state index in [0.29, 0.717) is 5.41 Å². The molecule has 1 aromatic rings. The maximum Gasteiger partial charge on any atom is 0.241 e. The van der Waals surface area contributed by atoms with Gasteiger partial charge in [-0.3, -0.25) is 9.69 Å². The van der Waals surface area contributed by atoms with Crippen molar-refractivity contribution >= 4 is 5.91 Å². The molecular weight excluding hydrogens is 260 g/mol. The van der Waals surface area contributed by atoms with E-state index in [1.807, 2.05) is 31.1 Å². The molecule has 0 aliphatic heterocycles. The maximum absolute atomic E-state index is 12.7. The largest absolute Gasteiger partial charge is 0.354 e. The number of carbonyl (C=O) groups is 1. The summed E-state index contributed by atoms with van der Waals surface area (Å²) in [7, 11) is 3.94. The van der Waals surface area contributed by atoms with Gasteiger partial charge in [0.1, 0.15) is 6.04 Å². The van der Waals surface area contributed by atoms with Crippen LogP contribution in [0.2, 0.25) is 0 Å². The van der Waals surface area contributed by atoms with Crippen molar-refractivity contribution in [2.45, 2.75) is 45.6 Å². The molecule has 0 saturated heterocycles. The molecule has 3 heteroatoms. The first-order valence-corrected chi connectivity index (χ1v) is 7.99. The average molecular weight is 288 g/mol. The number of hydrogen-bond donors (Lipinski definition) is 1. The van der Waals surface area contributed by atoms with Crippen LogP contribution in [-0.4, -0.2) is 31.4 Å². The van der Waals surface area contributed by atoms with Gasteiger partial charge >= 0.3 is 0 Å². The van der Waals surface area contributed by atoms with Crippen molar-refractivity contribution in [2.24, 2.45) is 5.41 Å². The lowest BCUT2D eigenvalue weighted by Gasteiger charge is -2.41. The Labute approximate surface area is 128 Å². The zero-order valence-corrected chi connectivity index (χ0v) is 13.8. The topological polar surface area (TPSA) is 32.3 Å². The first kappa shape index (κ1) is 16.0. The van der Waals surface area contributed by atoms with E-state index in [0.717, 1.165) is 18.5 Å². The van der Waals surface area contributed by atoms with Crippen molar-refractivity contribution in [1.82, 2.24) is 10.2 Å². The predicted octanol–water partition coefficient (Wildman–Crippen LogP) is 3.29. The molecule has 2 rings (SSSR count). The molecule has 1 amide bonds. The van der Waals surface area contributed by atoms with Crippen LogP contribution in [0.15, 0.2) is 24.3 Å². The molecule has 1 aliphatic rings. The fraction of sp³-hybridized carbons (Fsp3) is 0.611. The molecule has 0 heterocycles. The van der Waals surface area contributed by atoms with Gasteiger partial charge in [-0.25, -0.2) is 0 Å². The lowest BCUT2D eigenvalue weighted by atomic mass is 9.67. The van der Waals surface area contributed by atoms with E-state index in [1.54, 1.807) is 0 Å². The Bertz CT molecular complexity index is 486. The van der Waals surface area contributed by atoms with Crippen LogP contribution >= 0.6 is 0 Å². The third-order valence-corrected chi connectivity index (χ3v) is 5.05. The fourth-order valence-corrected chi connectivity index (χ4v) is 3.25. The molecule has 1 fully saturated rings. The Morgan fingerprint density at radius 3 is 2.48 bits per heavy atom. The van der Waals surface area contributed by atoms with Gasteiger partial charge in [-0.2, -0.15) is 0 Å². The summed E-state index contributed by atoms with van der Waals surface area (Å²) in [6.45, 7) is 5.12. The van der Waals surface area contributed by atoms with Crippen LogP contribution in [0.3, 0.4) is 0 Å². The number of nitrogens with one attached hydrogen (secondary N) is 1. The molecule has 1 atom stereocenters. The summed E-state index contributed by atoms with van der Waals surface area (Å²) in [6.07, 6.45) is 4.96. The number of benzene rings is 1. The molecule has 3 nitrogen and oxygen atoms in total. The number of amides is 1. The highest BCUT2D eigenvalue weighted by molar-refractivity contribution is 5.83. The van der Waals surface area contributed by atoms with Gasteiger partial charge < -0.3 is 5.32 Å². The molecule has 1 aliphatic carbocycles. The minimum atomic E-state index is -0.208. The van der Waals surface area contributed by atoms with Crippen molar-refractivity contribution in [3.05, 3.63) is 35.4 Å². The summed E-state index contributed by atoms with van der Waals surface area (Å²) in [6, 6.07) is 7.94. The Morgan fingerprint density at radius 1 is 1.33 bits per heavy atom. The van der Waals surface area contributed by atoms with Gasteiger partial charge in [0.25, 0.3) is 0 Å². The summed E-state index contributed by atoms with van der Waals surface area (Å²) < 4.78 is 0. The van der Waals surface area contributed by atoms with Crippen molar-refractivity contribution in [3.63, 3.8) is 0 Å². The van der Waals surface area contributed by atoms with Gasteiger partial charge in [0.15, 0.2) is 0 Å². The van der Waals surface area contributed by atoms with E-state index in [1.165, 1.54) is 24.8 Å². The molecule has 0 aromatic heterocycles. The number of hydrogen-bond acceptors (Lipinski definition) is 2. The molecule has 0 radical (unpaired) electrons. The van der Waals surface area contributed by atoms with Crippen LogP contribution in [0.1, 0.15) is 49.8 Å². The first-order chi connectivity index (χ1) is 9.99. The van der Waals surface area contributed by atoms with Crippen molar-refractivity contribution in [1.29, 1.82) is 0 Å². The summed E-state index contributed by atoms with van der Waals surface area (Å²) >= 11 is 0. The van der Waals surface area contributed by atoms with Crippen molar-refractivity contribution in [3.8, 4) is 0 Å². The maximum atomic E-state index is 12.7. The average Bonchev–Trinajstić information content (AvgIpc) is 2.40. The first-order valence-electron chi connectivity index (χ1n) is 7.99. The Balaban J connectivity index is 2.08. The van der Waals surface area contributed by atoms with Crippen LogP contribution in [0.25, 0.3) is 0 Å². The zero-order chi connectivity index (χ0) is 15.5. The molecule has 0 unspecified atom stereocenters. The Hall–Kier alpha value is -1.35. The minimum absolute atomic E-state index is 0.119. The van der Waals surface area contributed by atoms with E-state index in [9.17, 15) is 4.79 Å². The van der Waals surface area contributed by atoms with Gasteiger partial charge in [0, 0.05) is 6.54 Å². The minimum Gasteiger partial charge on any atom is -0.354 e. The molecule has 1 saturated carbocycles. The van der Waals surface area contributed by atoms with Crippen molar-refractivity contribution < 1.29 is 4.79 Å². The lowest BCUT2D eigenvalue weighted by Crippen LogP contribution is -2.45. The SMILES string of the molecule is CCC1(CNC(=O)[C@H](c2ccccc2C)N(C)C)CCC1. The van der Waals surface area contributed by atoms with Crippen LogP contribution in [-0.2, 0) is 4.79 Å². The molecule has 0 bridgehead atoms. The van der Waals surface area contributed by atoms with E-state index in [-0.39, 0.29) is 11.9 Å². The monoisotopic (exact) mass is 288 g/mol. The predicted molar refractivity (Wildman–Crippen MR) is 87.2 cm³/mol. The third-order valence-electron chi connectivity index (χ3n) is 5.05. The molecule has 116 valence electrons. The van der Waals surface area contributed by atoms with Crippen LogP contribution in [0, 0.1) is 12.3 Å². The summed E-state index contributed by atoms with van der Waals surface area (Å²) in [5.41, 5.74) is 2.62. The second-order valence-corrected chi connectivity index (χ2v) is 6.65. The number of likely N-dealkylation sites (N-methyl/N-ethyl adjacent to an activating group) is 1. The summed E-state index contributed by atoms with van der Waals surface area (Å²) in [5.74, 6) is 0.119. The lowest BCUT2D eigenvalue weighted by molar-refractivity contribution is -0.126. The molecule has 21 heavy (non-hydrogen) atoms. The van der Waals surface area contributed by atoms with E-state index in [4.69, 9.17) is 0 Å². The molecular formula is C18H28N2O. The number of aryl methyl sites for hydroxylation is 1. The zero-order valence-electron chi connectivity index (χ0n) is 13.8.